The molecule has 28 heavy (non-hydrogen) atoms. The average Bonchev–Trinajstić information content (AvgIpc) is 3.29. The third-order valence-electron chi connectivity index (χ3n) is 6.08. The molecule has 1 spiro atoms. The van der Waals surface area contributed by atoms with Crippen molar-refractivity contribution >= 4 is 29.9 Å². The molecule has 2 heterocycles. The normalized spacial score (nSPS) is 18.0. The van der Waals surface area contributed by atoms with E-state index >= 15 is 0 Å². The van der Waals surface area contributed by atoms with Gasteiger partial charge in [-0.15, -0.1) is 24.0 Å². The summed E-state index contributed by atoms with van der Waals surface area (Å²) in [5.41, 5.74) is 1.90. The van der Waals surface area contributed by atoms with Crippen molar-refractivity contribution in [2.75, 3.05) is 26.2 Å². The van der Waals surface area contributed by atoms with Gasteiger partial charge in [0.25, 0.3) is 0 Å². The number of halogens is 1. The molecule has 4 rings (SSSR count). The predicted octanol–water partition coefficient (Wildman–Crippen LogP) is 3.93. The van der Waals surface area contributed by atoms with E-state index in [1.54, 1.807) is 0 Å². The zero-order valence-electron chi connectivity index (χ0n) is 16.8. The molecule has 5 nitrogen and oxygen atoms in total. The number of nitrogens with zero attached hydrogens (tertiary/aromatic N) is 4. The van der Waals surface area contributed by atoms with E-state index in [9.17, 15) is 0 Å². The topological polar surface area (TPSA) is 45.5 Å². The van der Waals surface area contributed by atoms with Gasteiger partial charge in [0.15, 0.2) is 5.96 Å². The summed E-state index contributed by atoms with van der Waals surface area (Å²) in [7, 11) is 0. The summed E-state index contributed by atoms with van der Waals surface area (Å²) in [5.74, 6) is 2.19. The fraction of sp³-hybridized carbons (Fsp3) is 0.545. The fourth-order valence-electron chi connectivity index (χ4n) is 4.38. The number of aromatic nitrogens is 2. The molecule has 1 N–H and O–H groups in total. The van der Waals surface area contributed by atoms with Gasteiger partial charge in [0.05, 0.1) is 0 Å². The number of hydrogen-bond acceptors (Lipinski definition) is 2. The maximum absolute atomic E-state index is 4.92. The number of benzene rings is 1. The number of guanidine groups is 1. The highest BCUT2D eigenvalue weighted by molar-refractivity contribution is 14.0. The SMILES string of the molecule is CCNC(=NCCc1nccn1Cc1ccccc1)N1CCC2(CCC2)C1.I. The quantitative estimate of drug-likeness (QED) is 0.377. The maximum Gasteiger partial charge on any atom is 0.193 e. The van der Waals surface area contributed by atoms with Crippen molar-refractivity contribution in [2.24, 2.45) is 10.4 Å². The van der Waals surface area contributed by atoms with Gasteiger partial charge in [-0.2, -0.15) is 0 Å². The largest absolute Gasteiger partial charge is 0.357 e. The summed E-state index contributed by atoms with van der Waals surface area (Å²) < 4.78 is 2.23. The Balaban J connectivity index is 0.00000225. The molecule has 1 saturated carbocycles. The minimum atomic E-state index is 0. The molecular formula is C22H32IN5. The molecule has 2 aliphatic rings. The summed E-state index contributed by atoms with van der Waals surface area (Å²) in [6, 6.07) is 10.6. The summed E-state index contributed by atoms with van der Waals surface area (Å²) in [6.45, 7) is 7.05. The zero-order chi connectivity index (χ0) is 18.5. The molecule has 1 aliphatic carbocycles. The molecule has 152 valence electrons. The number of hydrogen-bond donors (Lipinski definition) is 1. The van der Waals surface area contributed by atoms with E-state index in [4.69, 9.17) is 4.99 Å². The number of imidazole rings is 1. The van der Waals surface area contributed by atoms with Crippen molar-refractivity contribution in [3.63, 3.8) is 0 Å². The summed E-state index contributed by atoms with van der Waals surface area (Å²) in [5, 5.41) is 3.49. The fourth-order valence-corrected chi connectivity index (χ4v) is 4.38. The lowest BCUT2D eigenvalue weighted by molar-refractivity contribution is 0.151. The van der Waals surface area contributed by atoms with Crippen LogP contribution in [0.2, 0.25) is 0 Å². The van der Waals surface area contributed by atoms with Crippen molar-refractivity contribution < 1.29 is 0 Å². The van der Waals surface area contributed by atoms with Gasteiger partial charge >= 0.3 is 0 Å². The first-order chi connectivity index (χ1) is 13.3. The van der Waals surface area contributed by atoms with Crippen LogP contribution in [0.25, 0.3) is 0 Å². The monoisotopic (exact) mass is 493 g/mol. The third kappa shape index (κ3) is 4.88. The molecule has 0 amide bonds. The second kappa shape index (κ2) is 9.76. The lowest BCUT2D eigenvalue weighted by Gasteiger charge is -2.38. The van der Waals surface area contributed by atoms with Crippen molar-refractivity contribution in [3.05, 3.63) is 54.1 Å². The Bertz CT molecular complexity index is 766. The molecule has 2 fully saturated rings. The first kappa shape index (κ1) is 21.1. The Morgan fingerprint density at radius 2 is 2.04 bits per heavy atom. The van der Waals surface area contributed by atoms with Crippen molar-refractivity contribution in [1.29, 1.82) is 0 Å². The van der Waals surface area contributed by atoms with Crippen molar-refractivity contribution in [1.82, 2.24) is 19.8 Å². The molecule has 6 heteroatoms. The van der Waals surface area contributed by atoms with Gasteiger partial charge in [0, 0.05) is 51.5 Å². The van der Waals surface area contributed by atoms with E-state index in [1.165, 1.54) is 37.8 Å². The second-order valence-corrected chi connectivity index (χ2v) is 7.97. The highest BCUT2D eigenvalue weighted by atomic mass is 127. The molecule has 1 saturated heterocycles. The Labute approximate surface area is 185 Å². The molecule has 1 aliphatic heterocycles. The number of rotatable bonds is 6. The van der Waals surface area contributed by atoms with Gasteiger partial charge in [-0.05, 0) is 37.2 Å². The van der Waals surface area contributed by atoms with Crippen LogP contribution in [-0.2, 0) is 13.0 Å². The van der Waals surface area contributed by atoms with Gasteiger partial charge in [-0.1, -0.05) is 36.8 Å². The van der Waals surface area contributed by atoms with E-state index in [0.717, 1.165) is 44.4 Å². The summed E-state index contributed by atoms with van der Waals surface area (Å²) in [4.78, 5) is 11.9. The molecule has 2 aromatic rings. The van der Waals surface area contributed by atoms with Crippen LogP contribution in [0.15, 0.2) is 47.7 Å². The Kier molecular flexibility index (Phi) is 7.37. The molecule has 0 bridgehead atoms. The summed E-state index contributed by atoms with van der Waals surface area (Å²) >= 11 is 0. The van der Waals surface area contributed by atoms with Crippen LogP contribution < -0.4 is 5.32 Å². The minimum absolute atomic E-state index is 0. The lowest BCUT2D eigenvalue weighted by Crippen LogP contribution is -2.42. The molecule has 1 aromatic heterocycles. The van der Waals surface area contributed by atoms with Crippen LogP contribution in [0.4, 0.5) is 0 Å². The van der Waals surface area contributed by atoms with Crippen LogP contribution >= 0.6 is 24.0 Å². The van der Waals surface area contributed by atoms with Gasteiger partial charge < -0.3 is 14.8 Å². The highest BCUT2D eigenvalue weighted by Gasteiger charge is 2.43. The molecule has 0 atom stereocenters. The molecule has 0 unspecified atom stereocenters. The molecule has 0 radical (unpaired) electrons. The predicted molar refractivity (Wildman–Crippen MR) is 125 cm³/mol. The Hall–Kier alpha value is -1.57. The third-order valence-corrected chi connectivity index (χ3v) is 6.08. The van der Waals surface area contributed by atoms with E-state index in [0.29, 0.717) is 5.41 Å². The zero-order valence-corrected chi connectivity index (χ0v) is 19.1. The Morgan fingerprint density at radius 1 is 1.21 bits per heavy atom. The second-order valence-electron chi connectivity index (χ2n) is 7.97. The van der Waals surface area contributed by atoms with Crippen LogP contribution in [0.3, 0.4) is 0 Å². The lowest BCUT2D eigenvalue weighted by atomic mass is 9.68. The summed E-state index contributed by atoms with van der Waals surface area (Å²) in [6.07, 6.45) is 10.4. The first-order valence-electron chi connectivity index (χ1n) is 10.4. The average molecular weight is 493 g/mol. The standard InChI is InChI=1S/C22H31N5.HI/c1-2-23-21(27-15-12-22(18-27)10-6-11-22)25-13-9-20-24-14-16-26(20)17-19-7-4-3-5-8-19;/h3-5,7-8,14,16H,2,6,9-13,15,17-18H2,1H3,(H,23,25);1H. The highest BCUT2D eigenvalue weighted by Crippen LogP contribution is 2.47. The van der Waals surface area contributed by atoms with Crippen molar-refractivity contribution in [2.45, 2.75) is 45.6 Å². The van der Waals surface area contributed by atoms with Gasteiger partial charge in [0.1, 0.15) is 5.82 Å². The molecular weight excluding hydrogens is 461 g/mol. The minimum Gasteiger partial charge on any atom is -0.357 e. The smallest absolute Gasteiger partial charge is 0.193 e. The first-order valence-corrected chi connectivity index (χ1v) is 10.4. The molecule has 1 aromatic carbocycles. The number of aliphatic imine (C=N–C) groups is 1. The number of nitrogens with one attached hydrogen (secondary N) is 1. The van der Waals surface area contributed by atoms with E-state index in [2.05, 4.69) is 63.2 Å². The van der Waals surface area contributed by atoms with Crippen LogP contribution in [0.1, 0.15) is 44.0 Å². The van der Waals surface area contributed by atoms with Crippen LogP contribution in [-0.4, -0.2) is 46.6 Å². The van der Waals surface area contributed by atoms with Crippen molar-refractivity contribution in [3.8, 4) is 0 Å². The van der Waals surface area contributed by atoms with E-state index in [1.807, 2.05) is 6.20 Å². The van der Waals surface area contributed by atoms with Crippen LogP contribution in [0, 0.1) is 5.41 Å². The maximum atomic E-state index is 4.92. The van der Waals surface area contributed by atoms with Gasteiger partial charge in [0.2, 0.25) is 0 Å². The van der Waals surface area contributed by atoms with Crippen LogP contribution in [0.5, 0.6) is 0 Å². The Morgan fingerprint density at radius 3 is 2.71 bits per heavy atom. The van der Waals surface area contributed by atoms with E-state index < -0.39 is 0 Å². The number of likely N-dealkylation sites (tertiary alicyclic amines) is 1. The van der Waals surface area contributed by atoms with Gasteiger partial charge in [-0.3, -0.25) is 4.99 Å². The van der Waals surface area contributed by atoms with Gasteiger partial charge in [-0.25, -0.2) is 4.98 Å². The van der Waals surface area contributed by atoms with E-state index in [-0.39, 0.29) is 24.0 Å².